The first-order valence-corrected chi connectivity index (χ1v) is 5.56. The lowest BCUT2D eigenvalue weighted by Gasteiger charge is -2.09. The highest BCUT2D eigenvalue weighted by Crippen LogP contribution is 2.25. The molecule has 0 spiro atoms. The standard InChI is InChI=1S/C15H14N2/c1-10-4-5-14(11(2)6-10)15-12(3)7-13(8-16)9-17-15/h4-7,9H,1-3H3. The van der Waals surface area contributed by atoms with E-state index in [9.17, 15) is 0 Å². The highest BCUT2D eigenvalue weighted by atomic mass is 14.7. The van der Waals surface area contributed by atoms with Crippen molar-refractivity contribution in [2.24, 2.45) is 0 Å². The van der Waals surface area contributed by atoms with Crippen LogP contribution in [0.4, 0.5) is 0 Å². The van der Waals surface area contributed by atoms with E-state index in [2.05, 4.69) is 43.1 Å². The van der Waals surface area contributed by atoms with Crippen LogP contribution in [0.15, 0.2) is 30.5 Å². The Kier molecular flexibility index (Phi) is 2.93. The van der Waals surface area contributed by atoms with Crippen LogP contribution in [0.5, 0.6) is 0 Å². The Morgan fingerprint density at radius 1 is 1.06 bits per heavy atom. The second kappa shape index (κ2) is 4.39. The number of nitriles is 1. The number of pyridine rings is 1. The molecule has 2 aromatic rings. The molecule has 1 aromatic carbocycles. The summed E-state index contributed by atoms with van der Waals surface area (Å²) in [7, 11) is 0. The summed E-state index contributed by atoms with van der Waals surface area (Å²) in [4.78, 5) is 4.39. The van der Waals surface area contributed by atoms with Gasteiger partial charge in [0.1, 0.15) is 6.07 Å². The van der Waals surface area contributed by atoms with Gasteiger partial charge in [0.15, 0.2) is 0 Å². The Morgan fingerprint density at radius 2 is 1.82 bits per heavy atom. The number of rotatable bonds is 1. The van der Waals surface area contributed by atoms with Crippen LogP contribution in [0.1, 0.15) is 22.3 Å². The maximum atomic E-state index is 8.82. The summed E-state index contributed by atoms with van der Waals surface area (Å²) in [5.41, 5.74) is 6.20. The molecule has 0 radical (unpaired) electrons. The van der Waals surface area contributed by atoms with E-state index in [0.717, 1.165) is 16.8 Å². The van der Waals surface area contributed by atoms with Crippen molar-refractivity contribution < 1.29 is 0 Å². The Morgan fingerprint density at radius 3 is 2.41 bits per heavy atom. The van der Waals surface area contributed by atoms with E-state index in [1.165, 1.54) is 11.1 Å². The van der Waals surface area contributed by atoms with E-state index < -0.39 is 0 Å². The van der Waals surface area contributed by atoms with Gasteiger partial charge in [-0.1, -0.05) is 23.8 Å². The van der Waals surface area contributed by atoms with Crippen molar-refractivity contribution in [1.29, 1.82) is 5.26 Å². The number of aryl methyl sites for hydroxylation is 3. The fourth-order valence-electron chi connectivity index (χ4n) is 2.00. The third-order valence-electron chi connectivity index (χ3n) is 2.84. The van der Waals surface area contributed by atoms with Crippen molar-refractivity contribution in [1.82, 2.24) is 4.98 Å². The predicted octanol–water partition coefficient (Wildman–Crippen LogP) is 3.55. The van der Waals surface area contributed by atoms with Gasteiger partial charge in [-0.05, 0) is 38.0 Å². The number of hydrogen-bond acceptors (Lipinski definition) is 2. The SMILES string of the molecule is Cc1ccc(-c2ncc(C#N)cc2C)c(C)c1. The summed E-state index contributed by atoms with van der Waals surface area (Å²) in [5.74, 6) is 0. The van der Waals surface area contributed by atoms with Crippen molar-refractivity contribution in [3.05, 3.63) is 52.7 Å². The molecule has 84 valence electrons. The second-order valence-corrected chi connectivity index (χ2v) is 4.32. The zero-order chi connectivity index (χ0) is 12.4. The zero-order valence-corrected chi connectivity index (χ0v) is 10.3. The van der Waals surface area contributed by atoms with Crippen molar-refractivity contribution >= 4 is 0 Å². The molecule has 0 aliphatic rings. The largest absolute Gasteiger partial charge is 0.255 e. The van der Waals surface area contributed by atoms with Crippen molar-refractivity contribution in [2.75, 3.05) is 0 Å². The first-order chi connectivity index (χ1) is 8.11. The maximum Gasteiger partial charge on any atom is 0.101 e. The van der Waals surface area contributed by atoms with Gasteiger partial charge in [-0.2, -0.15) is 5.26 Å². The van der Waals surface area contributed by atoms with E-state index >= 15 is 0 Å². The van der Waals surface area contributed by atoms with Crippen LogP contribution in [-0.2, 0) is 0 Å². The molecule has 1 heterocycles. The predicted molar refractivity (Wildman–Crippen MR) is 68.6 cm³/mol. The molecule has 0 aliphatic carbocycles. The van der Waals surface area contributed by atoms with Gasteiger partial charge < -0.3 is 0 Å². The van der Waals surface area contributed by atoms with Gasteiger partial charge in [0, 0.05) is 11.8 Å². The van der Waals surface area contributed by atoms with E-state index in [1.54, 1.807) is 6.20 Å². The zero-order valence-electron chi connectivity index (χ0n) is 10.3. The van der Waals surface area contributed by atoms with Crippen molar-refractivity contribution in [3.63, 3.8) is 0 Å². The summed E-state index contributed by atoms with van der Waals surface area (Å²) < 4.78 is 0. The Labute approximate surface area is 102 Å². The van der Waals surface area contributed by atoms with Gasteiger partial charge in [0.05, 0.1) is 11.3 Å². The van der Waals surface area contributed by atoms with Crippen LogP contribution in [0, 0.1) is 32.1 Å². The second-order valence-electron chi connectivity index (χ2n) is 4.32. The fraction of sp³-hybridized carbons (Fsp3) is 0.200. The number of nitrogens with zero attached hydrogens (tertiary/aromatic N) is 2. The molecule has 0 saturated carbocycles. The summed E-state index contributed by atoms with van der Waals surface area (Å²) >= 11 is 0. The molecule has 0 amide bonds. The van der Waals surface area contributed by atoms with Crippen LogP contribution in [-0.4, -0.2) is 4.98 Å². The molecule has 17 heavy (non-hydrogen) atoms. The van der Waals surface area contributed by atoms with Gasteiger partial charge in [-0.3, -0.25) is 4.98 Å². The third kappa shape index (κ3) is 2.19. The molecule has 2 heteroatoms. The molecule has 0 N–H and O–H groups in total. The van der Waals surface area contributed by atoms with E-state index in [4.69, 9.17) is 5.26 Å². The number of aromatic nitrogens is 1. The topological polar surface area (TPSA) is 36.7 Å². The highest BCUT2D eigenvalue weighted by molar-refractivity contribution is 5.67. The Balaban J connectivity index is 2.58. The summed E-state index contributed by atoms with van der Waals surface area (Å²) in [5, 5.41) is 8.82. The van der Waals surface area contributed by atoms with Crippen LogP contribution in [0.3, 0.4) is 0 Å². The maximum absolute atomic E-state index is 8.82. The molecule has 0 unspecified atom stereocenters. The van der Waals surface area contributed by atoms with E-state index in [1.807, 2.05) is 13.0 Å². The molecular formula is C15H14N2. The minimum absolute atomic E-state index is 0.607. The molecule has 0 fully saturated rings. The van der Waals surface area contributed by atoms with Gasteiger partial charge in [0.2, 0.25) is 0 Å². The van der Waals surface area contributed by atoms with Gasteiger partial charge in [-0.15, -0.1) is 0 Å². The monoisotopic (exact) mass is 222 g/mol. The minimum Gasteiger partial charge on any atom is -0.255 e. The van der Waals surface area contributed by atoms with Crippen molar-refractivity contribution in [3.8, 4) is 17.3 Å². The van der Waals surface area contributed by atoms with Crippen LogP contribution >= 0.6 is 0 Å². The lowest BCUT2D eigenvalue weighted by Crippen LogP contribution is -1.92. The van der Waals surface area contributed by atoms with Crippen LogP contribution in [0.25, 0.3) is 11.3 Å². The molecule has 0 aliphatic heterocycles. The van der Waals surface area contributed by atoms with Crippen molar-refractivity contribution in [2.45, 2.75) is 20.8 Å². The van der Waals surface area contributed by atoms with Gasteiger partial charge >= 0.3 is 0 Å². The smallest absolute Gasteiger partial charge is 0.101 e. The molecule has 0 bridgehead atoms. The lowest BCUT2D eigenvalue weighted by atomic mass is 9.99. The molecule has 1 aromatic heterocycles. The van der Waals surface area contributed by atoms with Crippen LogP contribution < -0.4 is 0 Å². The Bertz CT molecular complexity index is 607. The minimum atomic E-state index is 0.607. The molecule has 2 rings (SSSR count). The number of hydrogen-bond donors (Lipinski definition) is 0. The first kappa shape index (κ1) is 11.3. The van der Waals surface area contributed by atoms with Gasteiger partial charge in [-0.25, -0.2) is 0 Å². The van der Waals surface area contributed by atoms with Gasteiger partial charge in [0.25, 0.3) is 0 Å². The summed E-state index contributed by atoms with van der Waals surface area (Å²) in [6.45, 7) is 6.15. The lowest BCUT2D eigenvalue weighted by molar-refractivity contribution is 1.23. The average Bonchev–Trinajstić information content (AvgIpc) is 2.30. The summed E-state index contributed by atoms with van der Waals surface area (Å²) in [6.07, 6.45) is 1.63. The summed E-state index contributed by atoms with van der Waals surface area (Å²) in [6, 6.07) is 10.3. The van der Waals surface area contributed by atoms with E-state index in [-0.39, 0.29) is 0 Å². The normalized spacial score (nSPS) is 10.0. The molecular weight excluding hydrogens is 208 g/mol. The van der Waals surface area contributed by atoms with E-state index in [0.29, 0.717) is 5.56 Å². The quantitative estimate of drug-likeness (QED) is 0.739. The molecule has 0 saturated heterocycles. The molecule has 0 atom stereocenters. The molecule has 2 nitrogen and oxygen atoms in total. The highest BCUT2D eigenvalue weighted by Gasteiger charge is 2.07. The first-order valence-electron chi connectivity index (χ1n) is 5.56. The average molecular weight is 222 g/mol. The number of benzene rings is 1. The fourth-order valence-corrected chi connectivity index (χ4v) is 2.00. The Hall–Kier alpha value is -2.14. The van der Waals surface area contributed by atoms with Crippen LogP contribution in [0.2, 0.25) is 0 Å². The third-order valence-corrected chi connectivity index (χ3v) is 2.84.